The van der Waals surface area contributed by atoms with Gasteiger partial charge in [-0.2, -0.15) is 0 Å². The van der Waals surface area contributed by atoms with E-state index in [-0.39, 0.29) is 11.2 Å². The van der Waals surface area contributed by atoms with E-state index < -0.39 is 0 Å². The highest BCUT2D eigenvalue weighted by molar-refractivity contribution is 4.85. The van der Waals surface area contributed by atoms with Crippen LogP contribution in [0.4, 0.5) is 0 Å². The summed E-state index contributed by atoms with van der Waals surface area (Å²) in [6, 6.07) is 1.44. The Bertz CT molecular complexity index is 514. The molecule has 106 valence electrons. The zero-order chi connectivity index (χ0) is 13.7. The van der Waals surface area contributed by atoms with E-state index in [9.17, 15) is 9.59 Å². The van der Waals surface area contributed by atoms with Crippen LogP contribution in [-0.4, -0.2) is 21.8 Å². The quantitative estimate of drug-likeness (QED) is 0.526. The summed E-state index contributed by atoms with van der Waals surface area (Å²) in [5.74, 6) is 0. The minimum absolute atomic E-state index is 0.200. The Kier molecular flexibility index (Phi) is 4.96. The van der Waals surface area contributed by atoms with Crippen molar-refractivity contribution in [2.24, 2.45) is 7.05 Å². The number of epoxide rings is 1. The SMILES string of the molecule is Cn1ccc(=O)n(CCCCCCCC2CO2)c1=O. The first kappa shape index (κ1) is 14.1. The Morgan fingerprint density at radius 2 is 1.89 bits per heavy atom. The fourth-order valence-electron chi connectivity index (χ4n) is 2.23. The van der Waals surface area contributed by atoms with Crippen LogP contribution in [0.25, 0.3) is 0 Å². The molecule has 5 nitrogen and oxygen atoms in total. The molecular weight excluding hydrogens is 244 g/mol. The van der Waals surface area contributed by atoms with Crippen molar-refractivity contribution in [3.05, 3.63) is 33.1 Å². The van der Waals surface area contributed by atoms with Gasteiger partial charge in [0, 0.05) is 25.9 Å². The van der Waals surface area contributed by atoms with Crippen LogP contribution in [0.5, 0.6) is 0 Å². The summed E-state index contributed by atoms with van der Waals surface area (Å²) in [7, 11) is 1.66. The molecule has 1 atom stereocenters. The van der Waals surface area contributed by atoms with Crippen molar-refractivity contribution < 1.29 is 4.74 Å². The van der Waals surface area contributed by atoms with Gasteiger partial charge in [0.2, 0.25) is 0 Å². The number of hydrogen-bond acceptors (Lipinski definition) is 3. The zero-order valence-corrected chi connectivity index (χ0v) is 11.5. The summed E-state index contributed by atoms with van der Waals surface area (Å²) >= 11 is 0. The molecule has 0 aliphatic carbocycles. The van der Waals surface area contributed by atoms with E-state index in [2.05, 4.69) is 0 Å². The van der Waals surface area contributed by atoms with Gasteiger partial charge in [0.25, 0.3) is 5.56 Å². The standard InChI is InChI=1S/C14H22N2O3/c1-15-10-8-13(17)16(14(15)18)9-6-4-2-3-5-7-12-11-19-12/h8,10,12H,2-7,9,11H2,1H3. The largest absolute Gasteiger partial charge is 0.373 e. The molecule has 5 heteroatoms. The summed E-state index contributed by atoms with van der Waals surface area (Å²) in [6.45, 7) is 1.47. The topological polar surface area (TPSA) is 56.5 Å². The van der Waals surface area contributed by atoms with Crippen molar-refractivity contribution in [1.29, 1.82) is 0 Å². The summed E-state index contributed by atoms with van der Waals surface area (Å²) < 4.78 is 7.92. The van der Waals surface area contributed by atoms with Crippen molar-refractivity contribution in [3.63, 3.8) is 0 Å². The van der Waals surface area contributed by atoms with Crippen LogP contribution in [0.3, 0.4) is 0 Å². The van der Waals surface area contributed by atoms with Gasteiger partial charge in [0.1, 0.15) is 0 Å². The lowest BCUT2D eigenvalue weighted by molar-refractivity contribution is 0.387. The Hall–Kier alpha value is -1.36. The fourth-order valence-corrected chi connectivity index (χ4v) is 2.23. The third-order valence-corrected chi connectivity index (χ3v) is 3.55. The van der Waals surface area contributed by atoms with Crippen LogP contribution >= 0.6 is 0 Å². The second-order valence-corrected chi connectivity index (χ2v) is 5.21. The molecule has 1 unspecified atom stereocenters. The minimum Gasteiger partial charge on any atom is -0.373 e. The van der Waals surface area contributed by atoms with Gasteiger partial charge in [-0.15, -0.1) is 0 Å². The van der Waals surface area contributed by atoms with Crippen LogP contribution in [0, 0.1) is 0 Å². The van der Waals surface area contributed by atoms with E-state index >= 15 is 0 Å². The number of unbranched alkanes of at least 4 members (excludes halogenated alkanes) is 4. The van der Waals surface area contributed by atoms with Crippen molar-refractivity contribution in [2.45, 2.75) is 51.2 Å². The molecule has 0 spiro atoms. The second-order valence-electron chi connectivity index (χ2n) is 5.21. The predicted molar refractivity (Wildman–Crippen MR) is 73.4 cm³/mol. The molecule has 2 rings (SSSR count). The smallest absolute Gasteiger partial charge is 0.330 e. The highest BCUT2D eigenvalue weighted by Crippen LogP contribution is 2.17. The summed E-state index contributed by atoms with van der Waals surface area (Å²) in [4.78, 5) is 23.3. The Morgan fingerprint density at radius 3 is 2.63 bits per heavy atom. The average molecular weight is 266 g/mol. The minimum atomic E-state index is -0.224. The van der Waals surface area contributed by atoms with Gasteiger partial charge in [-0.3, -0.25) is 9.36 Å². The molecule has 19 heavy (non-hydrogen) atoms. The molecule has 0 radical (unpaired) electrons. The van der Waals surface area contributed by atoms with Gasteiger partial charge in [0.05, 0.1) is 12.7 Å². The Morgan fingerprint density at radius 1 is 1.21 bits per heavy atom. The zero-order valence-electron chi connectivity index (χ0n) is 11.5. The lowest BCUT2D eigenvalue weighted by Crippen LogP contribution is -2.37. The van der Waals surface area contributed by atoms with Crippen molar-refractivity contribution in [3.8, 4) is 0 Å². The molecule has 0 amide bonds. The molecule has 0 saturated carbocycles. The molecule has 1 aromatic heterocycles. The maximum atomic E-state index is 11.7. The lowest BCUT2D eigenvalue weighted by Gasteiger charge is -2.06. The van der Waals surface area contributed by atoms with Crippen molar-refractivity contribution in [1.82, 2.24) is 9.13 Å². The van der Waals surface area contributed by atoms with Crippen LogP contribution in [0.1, 0.15) is 38.5 Å². The van der Waals surface area contributed by atoms with Gasteiger partial charge in [0.15, 0.2) is 0 Å². The first-order chi connectivity index (χ1) is 9.18. The molecule has 0 N–H and O–H groups in total. The van der Waals surface area contributed by atoms with Crippen molar-refractivity contribution in [2.75, 3.05) is 6.61 Å². The molecule has 1 aromatic rings. The average Bonchev–Trinajstić information content (AvgIpc) is 3.20. The van der Waals surface area contributed by atoms with E-state index in [1.54, 1.807) is 7.05 Å². The molecular formula is C14H22N2O3. The first-order valence-corrected chi connectivity index (χ1v) is 7.06. The van der Waals surface area contributed by atoms with E-state index in [0.717, 1.165) is 25.9 Å². The highest BCUT2D eigenvalue weighted by Gasteiger charge is 2.20. The molecule has 1 fully saturated rings. The van der Waals surface area contributed by atoms with Crippen LogP contribution in [0.15, 0.2) is 21.9 Å². The molecule has 1 saturated heterocycles. The Balaban J connectivity index is 1.66. The van der Waals surface area contributed by atoms with E-state index in [4.69, 9.17) is 4.74 Å². The van der Waals surface area contributed by atoms with Gasteiger partial charge < -0.3 is 9.30 Å². The van der Waals surface area contributed by atoms with Crippen LogP contribution in [0.2, 0.25) is 0 Å². The second kappa shape index (κ2) is 6.70. The molecule has 0 bridgehead atoms. The first-order valence-electron chi connectivity index (χ1n) is 7.06. The molecule has 1 aliphatic heterocycles. The van der Waals surface area contributed by atoms with Gasteiger partial charge in [-0.1, -0.05) is 25.7 Å². The maximum Gasteiger partial charge on any atom is 0.330 e. The number of aromatic nitrogens is 2. The predicted octanol–water partition coefficient (Wildman–Crippen LogP) is 1.29. The number of hydrogen-bond donors (Lipinski definition) is 0. The van der Waals surface area contributed by atoms with Gasteiger partial charge in [-0.25, -0.2) is 4.79 Å². The molecule has 1 aliphatic rings. The maximum absolute atomic E-state index is 11.7. The number of nitrogens with zero attached hydrogens (tertiary/aromatic N) is 2. The van der Waals surface area contributed by atoms with Gasteiger partial charge >= 0.3 is 5.69 Å². The summed E-state index contributed by atoms with van der Waals surface area (Å²) in [5, 5.41) is 0. The summed E-state index contributed by atoms with van der Waals surface area (Å²) in [6.07, 6.45) is 8.77. The third kappa shape index (κ3) is 4.35. The summed E-state index contributed by atoms with van der Waals surface area (Å²) in [5.41, 5.74) is -0.424. The fraction of sp³-hybridized carbons (Fsp3) is 0.714. The third-order valence-electron chi connectivity index (χ3n) is 3.55. The van der Waals surface area contributed by atoms with Crippen LogP contribution in [-0.2, 0) is 18.3 Å². The highest BCUT2D eigenvalue weighted by atomic mass is 16.6. The van der Waals surface area contributed by atoms with Gasteiger partial charge in [-0.05, 0) is 12.8 Å². The number of rotatable bonds is 8. The lowest BCUT2D eigenvalue weighted by atomic mass is 10.1. The van der Waals surface area contributed by atoms with E-state index in [1.807, 2.05) is 0 Å². The molecule has 2 heterocycles. The number of ether oxygens (including phenoxy) is 1. The Labute approximate surface area is 112 Å². The monoisotopic (exact) mass is 266 g/mol. The molecule has 0 aromatic carbocycles. The van der Waals surface area contributed by atoms with Crippen molar-refractivity contribution >= 4 is 0 Å². The van der Waals surface area contributed by atoms with E-state index in [1.165, 1.54) is 40.7 Å². The number of aryl methyl sites for hydroxylation is 1. The van der Waals surface area contributed by atoms with E-state index in [0.29, 0.717) is 12.6 Å². The van der Waals surface area contributed by atoms with Crippen LogP contribution < -0.4 is 11.2 Å². The normalized spacial score (nSPS) is 17.6.